The summed E-state index contributed by atoms with van der Waals surface area (Å²) in [4.78, 5) is 4.63. The molecular weight excluding hydrogens is 266 g/mol. The van der Waals surface area contributed by atoms with Crippen LogP contribution < -0.4 is 5.32 Å². The predicted octanol–water partition coefficient (Wildman–Crippen LogP) is 2.28. The Morgan fingerprint density at radius 1 is 1.29 bits per heavy atom. The molecule has 1 unspecified atom stereocenters. The number of hydrogen-bond acceptors (Lipinski definition) is 5. The van der Waals surface area contributed by atoms with E-state index in [4.69, 9.17) is 9.26 Å². The minimum atomic E-state index is 0.275. The number of hydrogen-bond donors (Lipinski definition) is 1. The van der Waals surface area contributed by atoms with Crippen LogP contribution in [0, 0.1) is 0 Å². The Bertz CT molecular complexity index is 632. The minimum Gasteiger partial charge on any atom is -0.381 e. The Hall–Kier alpha value is -1.72. The van der Waals surface area contributed by atoms with Gasteiger partial charge in [-0.2, -0.15) is 4.98 Å². The van der Waals surface area contributed by atoms with Gasteiger partial charge in [0.25, 0.3) is 5.89 Å². The lowest BCUT2D eigenvalue weighted by atomic mass is 9.95. The Kier molecular flexibility index (Phi) is 3.45. The van der Waals surface area contributed by atoms with Crippen LogP contribution in [0.4, 0.5) is 0 Å². The second kappa shape index (κ2) is 5.58. The molecule has 2 aliphatic heterocycles. The van der Waals surface area contributed by atoms with Gasteiger partial charge in [-0.1, -0.05) is 17.3 Å². The average Bonchev–Trinajstić information content (AvgIpc) is 3.05. The standard InChI is InChI=1S/C16H19N3O2/c1-3-11-9-17-7-6-13(11)14(5-1)16-18-15(19-21-16)12-4-2-8-20-10-12/h1,3,5,12,17H,2,4,6-10H2. The Balaban J connectivity index is 1.66. The van der Waals surface area contributed by atoms with Crippen LogP contribution in [0.25, 0.3) is 11.5 Å². The lowest BCUT2D eigenvalue weighted by Crippen LogP contribution is -2.24. The van der Waals surface area contributed by atoms with E-state index in [9.17, 15) is 0 Å². The highest BCUT2D eigenvalue weighted by Crippen LogP contribution is 2.30. The normalized spacial score (nSPS) is 22.0. The van der Waals surface area contributed by atoms with E-state index >= 15 is 0 Å². The summed E-state index contributed by atoms with van der Waals surface area (Å²) < 4.78 is 11.0. The first-order chi connectivity index (χ1) is 10.4. The van der Waals surface area contributed by atoms with Crippen molar-refractivity contribution in [3.8, 4) is 11.5 Å². The molecule has 1 atom stereocenters. The molecule has 0 radical (unpaired) electrons. The number of nitrogens with zero attached hydrogens (tertiary/aromatic N) is 2. The highest BCUT2D eigenvalue weighted by atomic mass is 16.5. The first kappa shape index (κ1) is 13.0. The molecule has 2 aromatic rings. The molecular formula is C16H19N3O2. The highest BCUT2D eigenvalue weighted by molar-refractivity contribution is 5.61. The first-order valence-electron chi connectivity index (χ1n) is 7.65. The van der Waals surface area contributed by atoms with Gasteiger partial charge >= 0.3 is 0 Å². The van der Waals surface area contributed by atoms with E-state index < -0.39 is 0 Å². The molecule has 3 heterocycles. The molecule has 21 heavy (non-hydrogen) atoms. The zero-order valence-corrected chi connectivity index (χ0v) is 12.0. The number of fused-ring (bicyclic) bond motifs is 1. The number of ether oxygens (including phenoxy) is 1. The van der Waals surface area contributed by atoms with Crippen LogP contribution in [0.1, 0.15) is 35.7 Å². The summed E-state index contributed by atoms with van der Waals surface area (Å²) in [6.45, 7) is 3.47. The maximum Gasteiger partial charge on any atom is 0.258 e. The van der Waals surface area contributed by atoms with E-state index in [-0.39, 0.29) is 5.92 Å². The van der Waals surface area contributed by atoms with Crippen molar-refractivity contribution in [2.75, 3.05) is 19.8 Å². The van der Waals surface area contributed by atoms with Crippen LogP contribution in [-0.4, -0.2) is 29.9 Å². The summed E-state index contributed by atoms with van der Waals surface area (Å²) in [7, 11) is 0. The molecule has 5 heteroatoms. The van der Waals surface area contributed by atoms with Gasteiger partial charge in [0.2, 0.25) is 0 Å². The number of benzene rings is 1. The van der Waals surface area contributed by atoms with Crippen LogP contribution in [0.5, 0.6) is 0 Å². The van der Waals surface area contributed by atoms with Gasteiger partial charge in [-0.05, 0) is 43.0 Å². The lowest BCUT2D eigenvalue weighted by Gasteiger charge is -2.19. The van der Waals surface area contributed by atoms with E-state index in [0.29, 0.717) is 12.5 Å². The monoisotopic (exact) mass is 285 g/mol. The van der Waals surface area contributed by atoms with Crippen molar-refractivity contribution in [2.24, 2.45) is 0 Å². The molecule has 0 bridgehead atoms. The molecule has 0 saturated carbocycles. The fourth-order valence-corrected chi connectivity index (χ4v) is 3.19. The molecule has 1 aromatic heterocycles. The van der Waals surface area contributed by atoms with E-state index in [1.165, 1.54) is 11.1 Å². The smallest absolute Gasteiger partial charge is 0.258 e. The lowest BCUT2D eigenvalue weighted by molar-refractivity contribution is 0.0773. The minimum absolute atomic E-state index is 0.275. The molecule has 110 valence electrons. The van der Waals surface area contributed by atoms with Gasteiger partial charge in [-0.15, -0.1) is 0 Å². The van der Waals surface area contributed by atoms with Crippen molar-refractivity contribution in [2.45, 2.75) is 31.7 Å². The molecule has 1 N–H and O–H groups in total. The van der Waals surface area contributed by atoms with Crippen molar-refractivity contribution < 1.29 is 9.26 Å². The third-order valence-corrected chi connectivity index (χ3v) is 4.34. The van der Waals surface area contributed by atoms with Gasteiger partial charge in [-0.25, -0.2) is 0 Å². The summed E-state index contributed by atoms with van der Waals surface area (Å²) in [5.41, 5.74) is 3.76. The third kappa shape index (κ3) is 2.47. The number of rotatable bonds is 2. The number of aromatic nitrogens is 2. The van der Waals surface area contributed by atoms with Gasteiger partial charge in [0, 0.05) is 24.6 Å². The van der Waals surface area contributed by atoms with E-state index in [2.05, 4.69) is 33.7 Å². The molecule has 0 spiro atoms. The van der Waals surface area contributed by atoms with E-state index in [1.54, 1.807) is 0 Å². The predicted molar refractivity (Wildman–Crippen MR) is 77.9 cm³/mol. The SMILES string of the molecule is c1cc2c(c(-c3nc(C4CCCOC4)no3)c1)CCNC2. The summed E-state index contributed by atoms with van der Waals surface area (Å²) in [6, 6.07) is 6.31. The summed E-state index contributed by atoms with van der Waals surface area (Å²) in [5, 5.41) is 7.58. The molecule has 2 aliphatic rings. The fourth-order valence-electron chi connectivity index (χ4n) is 3.19. The van der Waals surface area contributed by atoms with E-state index in [0.717, 1.165) is 50.3 Å². The average molecular weight is 285 g/mol. The first-order valence-corrected chi connectivity index (χ1v) is 7.65. The Morgan fingerprint density at radius 3 is 3.19 bits per heavy atom. The second-order valence-corrected chi connectivity index (χ2v) is 5.74. The van der Waals surface area contributed by atoms with Crippen LogP contribution in [-0.2, 0) is 17.7 Å². The van der Waals surface area contributed by atoms with Crippen LogP contribution in [0.3, 0.4) is 0 Å². The highest BCUT2D eigenvalue weighted by Gasteiger charge is 2.23. The summed E-state index contributed by atoms with van der Waals surface area (Å²) >= 11 is 0. The van der Waals surface area contributed by atoms with Gasteiger partial charge < -0.3 is 14.6 Å². The molecule has 1 saturated heterocycles. The van der Waals surface area contributed by atoms with Gasteiger partial charge in [0.15, 0.2) is 5.82 Å². The van der Waals surface area contributed by atoms with Crippen molar-refractivity contribution in [1.82, 2.24) is 15.5 Å². The topological polar surface area (TPSA) is 60.2 Å². The molecule has 1 fully saturated rings. The zero-order valence-electron chi connectivity index (χ0n) is 12.0. The molecule has 1 aromatic carbocycles. The molecule has 5 nitrogen and oxygen atoms in total. The van der Waals surface area contributed by atoms with Gasteiger partial charge in [0.1, 0.15) is 0 Å². The van der Waals surface area contributed by atoms with Crippen LogP contribution in [0.2, 0.25) is 0 Å². The quantitative estimate of drug-likeness (QED) is 0.917. The maximum absolute atomic E-state index is 5.53. The van der Waals surface area contributed by atoms with Crippen LogP contribution >= 0.6 is 0 Å². The maximum atomic E-state index is 5.53. The van der Waals surface area contributed by atoms with E-state index in [1.807, 2.05) is 0 Å². The summed E-state index contributed by atoms with van der Waals surface area (Å²) in [5.74, 6) is 1.71. The largest absolute Gasteiger partial charge is 0.381 e. The Morgan fingerprint density at radius 2 is 2.29 bits per heavy atom. The third-order valence-electron chi connectivity index (χ3n) is 4.34. The molecule has 4 rings (SSSR count). The zero-order chi connectivity index (χ0) is 14.1. The molecule has 0 amide bonds. The van der Waals surface area contributed by atoms with Gasteiger partial charge in [-0.3, -0.25) is 0 Å². The van der Waals surface area contributed by atoms with Crippen molar-refractivity contribution in [3.05, 3.63) is 35.2 Å². The van der Waals surface area contributed by atoms with Crippen molar-refractivity contribution in [3.63, 3.8) is 0 Å². The van der Waals surface area contributed by atoms with Crippen molar-refractivity contribution in [1.29, 1.82) is 0 Å². The molecule has 0 aliphatic carbocycles. The second-order valence-electron chi connectivity index (χ2n) is 5.74. The van der Waals surface area contributed by atoms with Crippen molar-refractivity contribution >= 4 is 0 Å². The Labute approximate surface area is 123 Å². The number of nitrogens with one attached hydrogen (secondary N) is 1. The van der Waals surface area contributed by atoms with Gasteiger partial charge in [0.05, 0.1) is 6.61 Å². The van der Waals surface area contributed by atoms with Crippen LogP contribution in [0.15, 0.2) is 22.7 Å². The fraction of sp³-hybridized carbons (Fsp3) is 0.500. The summed E-state index contributed by atoms with van der Waals surface area (Å²) in [6.07, 6.45) is 3.16.